The number of hydrogen-bond donors (Lipinski definition) is 1. The average molecular weight is 556 g/mol. The van der Waals surface area contributed by atoms with Gasteiger partial charge in [-0.15, -0.1) is 24.8 Å². The van der Waals surface area contributed by atoms with Crippen LogP contribution in [-0.4, -0.2) is 71.8 Å². The number of likely N-dealkylation sites (tertiary alicyclic amines) is 1. The number of amides is 2. The fraction of sp³-hybridized carbons (Fsp3) is 0.724. The summed E-state index contributed by atoms with van der Waals surface area (Å²) >= 11 is 0. The van der Waals surface area contributed by atoms with Crippen LogP contribution in [0.3, 0.4) is 0 Å². The monoisotopic (exact) mass is 554 g/mol. The molecule has 8 heteroatoms. The third-order valence-electron chi connectivity index (χ3n) is 8.45. The van der Waals surface area contributed by atoms with Crippen molar-refractivity contribution >= 4 is 36.6 Å². The van der Waals surface area contributed by atoms with E-state index in [2.05, 4.69) is 60.4 Å². The predicted molar refractivity (Wildman–Crippen MR) is 155 cm³/mol. The van der Waals surface area contributed by atoms with Gasteiger partial charge in [-0.05, 0) is 56.8 Å². The molecule has 0 radical (unpaired) electrons. The van der Waals surface area contributed by atoms with Crippen molar-refractivity contribution in [1.82, 2.24) is 20.0 Å². The molecule has 1 aromatic rings. The highest BCUT2D eigenvalue weighted by Crippen LogP contribution is 2.36. The van der Waals surface area contributed by atoms with E-state index in [1.165, 1.54) is 43.2 Å². The van der Waals surface area contributed by atoms with Crippen molar-refractivity contribution < 1.29 is 9.59 Å². The topological polar surface area (TPSA) is 55.9 Å². The van der Waals surface area contributed by atoms with Gasteiger partial charge in [-0.25, -0.2) is 0 Å². The zero-order valence-electron chi connectivity index (χ0n) is 23.0. The van der Waals surface area contributed by atoms with Crippen LogP contribution >= 0.6 is 24.8 Å². The maximum absolute atomic E-state index is 13.7. The number of unbranched alkanes of at least 4 members (excludes halogenated alkanes) is 1. The molecule has 0 unspecified atom stereocenters. The van der Waals surface area contributed by atoms with Gasteiger partial charge in [0.2, 0.25) is 11.8 Å². The molecule has 1 saturated carbocycles. The molecule has 1 aliphatic carbocycles. The maximum atomic E-state index is 13.7. The molecular formula is C29H48Cl2N4O2. The molecule has 3 fully saturated rings. The number of piperidine rings is 1. The molecule has 2 saturated heterocycles. The third-order valence-corrected chi connectivity index (χ3v) is 8.45. The molecule has 3 aliphatic rings. The van der Waals surface area contributed by atoms with Gasteiger partial charge in [0.15, 0.2) is 0 Å². The van der Waals surface area contributed by atoms with Gasteiger partial charge in [-0.3, -0.25) is 14.5 Å². The van der Waals surface area contributed by atoms with Crippen LogP contribution in [0.4, 0.5) is 0 Å². The highest BCUT2D eigenvalue weighted by molar-refractivity contribution is 6.00. The van der Waals surface area contributed by atoms with E-state index >= 15 is 0 Å². The molecule has 1 atom stereocenters. The summed E-state index contributed by atoms with van der Waals surface area (Å²) in [5.74, 6) is 0.848. The van der Waals surface area contributed by atoms with Crippen molar-refractivity contribution in [2.75, 3.05) is 33.7 Å². The molecule has 6 nitrogen and oxygen atoms in total. The van der Waals surface area contributed by atoms with Gasteiger partial charge in [0.25, 0.3) is 0 Å². The second-order valence-corrected chi connectivity index (χ2v) is 11.5. The first kappa shape index (κ1) is 31.9. The number of carbonyl (C=O) groups excluding carboxylic acids is 2. The molecule has 1 aromatic carbocycles. The Hall–Kier alpha value is -1.34. The van der Waals surface area contributed by atoms with Crippen molar-refractivity contribution in [3.63, 3.8) is 0 Å². The van der Waals surface area contributed by atoms with Crippen LogP contribution in [-0.2, 0) is 22.7 Å². The largest absolute Gasteiger partial charge is 0.342 e. The molecular weight excluding hydrogens is 507 g/mol. The second kappa shape index (κ2) is 14.7. The van der Waals surface area contributed by atoms with Crippen LogP contribution < -0.4 is 5.32 Å². The third kappa shape index (κ3) is 7.84. The Morgan fingerprint density at radius 2 is 1.59 bits per heavy atom. The Bertz CT molecular complexity index is 850. The molecule has 210 valence electrons. The lowest BCUT2D eigenvalue weighted by Gasteiger charge is -2.52. The molecule has 4 rings (SSSR count). The summed E-state index contributed by atoms with van der Waals surface area (Å²) < 4.78 is 0. The van der Waals surface area contributed by atoms with Crippen molar-refractivity contribution in [2.45, 2.75) is 95.8 Å². The van der Waals surface area contributed by atoms with E-state index in [4.69, 9.17) is 0 Å². The van der Waals surface area contributed by atoms with Crippen LogP contribution in [0.5, 0.6) is 0 Å². The number of halogens is 2. The summed E-state index contributed by atoms with van der Waals surface area (Å²) in [6.07, 6.45) is 10.5. The summed E-state index contributed by atoms with van der Waals surface area (Å²) in [6.45, 7) is 6.40. The van der Waals surface area contributed by atoms with Crippen LogP contribution in [0.1, 0.15) is 82.3 Å². The number of rotatable bonds is 9. The number of benzene rings is 1. The van der Waals surface area contributed by atoms with Crippen molar-refractivity contribution in [3.8, 4) is 0 Å². The fourth-order valence-electron chi connectivity index (χ4n) is 6.38. The van der Waals surface area contributed by atoms with Crippen molar-refractivity contribution in [1.29, 1.82) is 0 Å². The molecule has 2 aliphatic heterocycles. The Morgan fingerprint density at radius 1 is 0.973 bits per heavy atom. The summed E-state index contributed by atoms with van der Waals surface area (Å²) in [7, 11) is 4.18. The van der Waals surface area contributed by atoms with E-state index in [0.29, 0.717) is 12.5 Å². The SMILES string of the molecule is CCCCN1C(=O)[C@H](CC2CCCCC2)NC(=O)C12CCN(Cc1ccc(CN(C)C)cc1)CC2.Cl.Cl. The lowest BCUT2D eigenvalue weighted by atomic mass is 9.79. The molecule has 2 amide bonds. The number of carbonyl (C=O) groups is 2. The lowest BCUT2D eigenvalue weighted by molar-refractivity contribution is -0.162. The van der Waals surface area contributed by atoms with Gasteiger partial charge < -0.3 is 15.1 Å². The first-order chi connectivity index (χ1) is 16.9. The van der Waals surface area contributed by atoms with Gasteiger partial charge in [0.05, 0.1) is 0 Å². The van der Waals surface area contributed by atoms with E-state index in [1.54, 1.807) is 0 Å². The van der Waals surface area contributed by atoms with Crippen LogP contribution in [0, 0.1) is 5.92 Å². The van der Waals surface area contributed by atoms with E-state index in [1.807, 2.05) is 4.90 Å². The predicted octanol–water partition coefficient (Wildman–Crippen LogP) is 5.02. The van der Waals surface area contributed by atoms with E-state index in [-0.39, 0.29) is 42.7 Å². The molecule has 0 aromatic heterocycles. The molecule has 1 N–H and O–H groups in total. The number of hydrogen-bond acceptors (Lipinski definition) is 4. The minimum absolute atomic E-state index is 0. The zero-order valence-corrected chi connectivity index (χ0v) is 24.7. The van der Waals surface area contributed by atoms with Crippen molar-refractivity contribution in [3.05, 3.63) is 35.4 Å². The second-order valence-electron chi connectivity index (χ2n) is 11.5. The minimum atomic E-state index is -0.665. The highest BCUT2D eigenvalue weighted by Gasteiger charge is 2.53. The van der Waals surface area contributed by atoms with Crippen LogP contribution in [0.15, 0.2) is 24.3 Å². The Labute approximate surface area is 236 Å². The molecule has 1 spiro atoms. The van der Waals surface area contributed by atoms with Gasteiger partial charge in [-0.2, -0.15) is 0 Å². The van der Waals surface area contributed by atoms with Gasteiger partial charge in [-0.1, -0.05) is 69.7 Å². The standard InChI is InChI=1S/C29H46N4O2.2ClH/c1-4-5-17-33-27(34)26(20-23-9-7-6-8-10-23)30-28(35)29(33)15-18-32(19-16-29)22-25-13-11-24(12-14-25)21-31(2)3;;/h11-14,23,26H,4-10,15-22H2,1-3H3,(H,30,35);2*1H/t26-;;/m0../s1. The van der Waals surface area contributed by atoms with E-state index in [0.717, 1.165) is 58.3 Å². The molecule has 2 heterocycles. The quantitative estimate of drug-likeness (QED) is 0.465. The zero-order chi connectivity index (χ0) is 24.8. The summed E-state index contributed by atoms with van der Waals surface area (Å²) in [5.41, 5.74) is 1.97. The van der Waals surface area contributed by atoms with Crippen molar-refractivity contribution in [2.24, 2.45) is 5.92 Å². The normalized spacial score (nSPS) is 22.5. The Balaban J connectivity index is 0.00000241. The lowest BCUT2D eigenvalue weighted by Crippen LogP contribution is -2.73. The minimum Gasteiger partial charge on any atom is -0.342 e. The van der Waals surface area contributed by atoms with Gasteiger partial charge in [0.1, 0.15) is 11.6 Å². The fourth-order valence-corrected chi connectivity index (χ4v) is 6.38. The van der Waals surface area contributed by atoms with Gasteiger partial charge in [0, 0.05) is 32.7 Å². The van der Waals surface area contributed by atoms with E-state index < -0.39 is 5.54 Å². The average Bonchev–Trinajstić information content (AvgIpc) is 2.85. The number of nitrogens with one attached hydrogen (secondary N) is 1. The molecule has 0 bridgehead atoms. The first-order valence-electron chi connectivity index (χ1n) is 14.0. The summed E-state index contributed by atoms with van der Waals surface area (Å²) in [6, 6.07) is 8.55. The maximum Gasteiger partial charge on any atom is 0.246 e. The summed E-state index contributed by atoms with van der Waals surface area (Å²) in [4.78, 5) is 33.9. The number of piperazine rings is 1. The van der Waals surface area contributed by atoms with Crippen LogP contribution in [0.25, 0.3) is 0 Å². The smallest absolute Gasteiger partial charge is 0.246 e. The summed E-state index contributed by atoms with van der Waals surface area (Å²) in [5, 5.41) is 3.21. The number of nitrogens with zero attached hydrogens (tertiary/aromatic N) is 3. The Morgan fingerprint density at radius 3 is 2.19 bits per heavy atom. The van der Waals surface area contributed by atoms with Crippen LogP contribution in [0.2, 0.25) is 0 Å². The van der Waals surface area contributed by atoms with E-state index in [9.17, 15) is 9.59 Å². The molecule has 37 heavy (non-hydrogen) atoms. The van der Waals surface area contributed by atoms with Gasteiger partial charge >= 0.3 is 0 Å². The first-order valence-corrected chi connectivity index (χ1v) is 14.0. The highest BCUT2D eigenvalue weighted by atomic mass is 35.5. The Kier molecular flexibility index (Phi) is 12.7.